The van der Waals surface area contributed by atoms with Crippen LogP contribution in [-0.4, -0.2) is 16.0 Å². The zero-order valence-electron chi connectivity index (χ0n) is 14.8. The number of hydrogen-bond acceptors (Lipinski definition) is 4. The first-order valence-electron chi connectivity index (χ1n) is 9.07. The first-order chi connectivity index (χ1) is 12.2. The molecule has 3 aromatic rings. The summed E-state index contributed by atoms with van der Waals surface area (Å²) in [6.45, 7) is 4.24. The molecular formula is C21H24N4. The highest BCUT2D eigenvalue weighted by Gasteiger charge is 2.17. The van der Waals surface area contributed by atoms with Gasteiger partial charge in [-0.3, -0.25) is 0 Å². The number of benzene rings is 2. The topological polar surface area (TPSA) is 49.8 Å². The lowest BCUT2D eigenvalue weighted by Crippen LogP contribution is -2.16. The van der Waals surface area contributed by atoms with E-state index in [4.69, 9.17) is 9.97 Å². The minimum atomic E-state index is 0.520. The Labute approximate surface area is 148 Å². The van der Waals surface area contributed by atoms with Crippen molar-refractivity contribution in [1.29, 1.82) is 0 Å². The number of nitrogens with zero attached hydrogens (tertiary/aromatic N) is 2. The van der Waals surface area contributed by atoms with Gasteiger partial charge in [0.25, 0.3) is 0 Å². The molecule has 0 unspecified atom stereocenters. The van der Waals surface area contributed by atoms with Gasteiger partial charge in [-0.2, -0.15) is 4.98 Å². The standard InChI is InChI=1S/C21H24N4/c1-14-8-7-13-18(15(14)2)23-21-24-19-12-6-5-11-17(19)20(25-21)22-16-9-3-4-10-16/h5-8,11-13,16H,3-4,9-10H2,1-2H3,(H2,22,23,24,25). The molecule has 1 fully saturated rings. The molecular weight excluding hydrogens is 308 g/mol. The molecule has 0 atom stereocenters. The fourth-order valence-corrected chi connectivity index (χ4v) is 3.51. The normalized spacial score (nSPS) is 14.8. The molecule has 2 aromatic carbocycles. The van der Waals surface area contributed by atoms with Crippen molar-refractivity contribution in [3.05, 3.63) is 53.6 Å². The molecule has 4 heteroatoms. The summed E-state index contributed by atoms with van der Waals surface area (Å²) in [6.07, 6.45) is 5.04. The minimum absolute atomic E-state index is 0.520. The highest BCUT2D eigenvalue weighted by Crippen LogP contribution is 2.28. The van der Waals surface area contributed by atoms with Gasteiger partial charge in [-0.05, 0) is 56.0 Å². The van der Waals surface area contributed by atoms with Crippen LogP contribution in [0.25, 0.3) is 10.9 Å². The van der Waals surface area contributed by atoms with E-state index in [0.717, 1.165) is 22.4 Å². The van der Waals surface area contributed by atoms with Crippen molar-refractivity contribution < 1.29 is 0 Å². The highest BCUT2D eigenvalue weighted by molar-refractivity contribution is 5.90. The largest absolute Gasteiger partial charge is 0.367 e. The number of fused-ring (bicyclic) bond motifs is 1. The first-order valence-corrected chi connectivity index (χ1v) is 9.07. The molecule has 0 bridgehead atoms. The molecule has 0 spiro atoms. The quantitative estimate of drug-likeness (QED) is 0.676. The SMILES string of the molecule is Cc1cccc(Nc2nc(NC3CCCC3)c3ccccc3n2)c1C. The molecule has 0 radical (unpaired) electrons. The Kier molecular flexibility index (Phi) is 4.26. The third-order valence-corrected chi connectivity index (χ3v) is 5.15. The molecule has 2 N–H and O–H groups in total. The van der Waals surface area contributed by atoms with Crippen LogP contribution in [-0.2, 0) is 0 Å². The van der Waals surface area contributed by atoms with E-state index in [0.29, 0.717) is 12.0 Å². The maximum atomic E-state index is 4.80. The molecule has 4 nitrogen and oxygen atoms in total. The van der Waals surface area contributed by atoms with Crippen molar-refractivity contribution in [2.24, 2.45) is 0 Å². The average Bonchev–Trinajstić information content (AvgIpc) is 3.12. The van der Waals surface area contributed by atoms with Crippen molar-refractivity contribution in [1.82, 2.24) is 9.97 Å². The number of aromatic nitrogens is 2. The van der Waals surface area contributed by atoms with Gasteiger partial charge in [-0.15, -0.1) is 0 Å². The highest BCUT2D eigenvalue weighted by atomic mass is 15.2. The van der Waals surface area contributed by atoms with E-state index in [1.165, 1.54) is 36.8 Å². The molecule has 0 amide bonds. The number of para-hydroxylation sites is 1. The van der Waals surface area contributed by atoms with E-state index < -0.39 is 0 Å². The van der Waals surface area contributed by atoms with E-state index in [1.54, 1.807) is 0 Å². The van der Waals surface area contributed by atoms with Crippen molar-refractivity contribution in [2.45, 2.75) is 45.6 Å². The van der Waals surface area contributed by atoms with Gasteiger partial charge in [-0.25, -0.2) is 4.98 Å². The second-order valence-corrected chi connectivity index (χ2v) is 6.91. The second kappa shape index (κ2) is 6.71. The van der Waals surface area contributed by atoms with Crippen LogP contribution in [0.15, 0.2) is 42.5 Å². The second-order valence-electron chi connectivity index (χ2n) is 6.91. The van der Waals surface area contributed by atoms with Crippen LogP contribution < -0.4 is 10.6 Å². The molecule has 0 saturated heterocycles. The Balaban J connectivity index is 1.72. The van der Waals surface area contributed by atoms with Crippen LogP contribution in [0.2, 0.25) is 0 Å². The Morgan fingerprint density at radius 2 is 1.72 bits per heavy atom. The third-order valence-electron chi connectivity index (χ3n) is 5.15. The minimum Gasteiger partial charge on any atom is -0.367 e. The number of aryl methyl sites for hydroxylation is 1. The predicted molar refractivity (Wildman–Crippen MR) is 105 cm³/mol. The van der Waals surface area contributed by atoms with Gasteiger partial charge >= 0.3 is 0 Å². The molecule has 4 rings (SSSR count). The van der Waals surface area contributed by atoms with Crippen LogP contribution in [0, 0.1) is 13.8 Å². The summed E-state index contributed by atoms with van der Waals surface area (Å²) in [5.74, 6) is 1.58. The number of nitrogens with one attached hydrogen (secondary N) is 2. The summed E-state index contributed by atoms with van der Waals surface area (Å²) in [5, 5.41) is 8.14. The molecule has 25 heavy (non-hydrogen) atoms. The molecule has 1 saturated carbocycles. The fraction of sp³-hybridized carbons (Fsp3) is 0.333. The first kappa shape index (κ1) is 15.9. The van der Waals surface area contributed by atoms with Crippen molar-refractivity contribution in [2.75, 3.05) is 10.6 Å². The molecule has 1 heterocycles. The van der Waals surface area contributed by atoms with E-state index in [-0.39, 0.29) is 0 Å². The Morgan fingerprint density at radius 1 is 0.920 bits per heavy atom. The molecule has 1 aliphatic rings. The summed E-state index contributed by atoms with van der Waals surface area (Å²) < 4.78 is 0. The van der Waals surface area contributed by atoms with Crippen LogP contribution >= 0.6 is 0 Å². The van der Waals surface area contributed by atoms with Crippen LogP contribution in [0.1, 0.15) is 36.8 Å². The fourth-order valence-electron chi connectivity index (χ4n) is 3.51. The monoisotopic (exact) mass is 332 g/mol. The predicted octanol–water partition coefficient (Wildman–Crippen LogP) is 5.34. The van der Waals surface area contributed by atoms with Crippen molar-refractivity contribution >= 4 is 28.4 Å². The van der Waals surface area contributed by atoms with Gasteiger partial charge in [0, 0.05) is 17.1 Å². The Hall–Kier alpha value is -2.62. The summed E-state index contributed by atoms with van der Waals surface area (Å²) in [4.78, 5) is 9.51. The van der Waals surface area contributed by atoms with Gasteiger partial charge in [0.2, 0.25) is 5.95 Å². The average molecular weight is 332 g/mol. The summed E-state index contributed by atoms with van der Waals surface area (Å²) in [6, 6.07) is 15.0. The number of anilines is 3. The van der Waals surface area contributed by atoms with E-state index in [1.807, 2.05) is 18.2 Å². The van der Waals surface area contributed by atoms with Crippen LogP contribution in [0.3, 0.4) is 0 Å². The third kappa shape index (κ3) is 3.29. The Bertz CT molecular complexity index is 898. The van der Waals surface area contributed by atoms with E-state index >= 15 is 0 Å². The van der Waals surface area contributed by atoms with E-state index in [9.17, 15) is 0 Å². The lowest BCUT2D eigenvalue weighted by molar-refractivity contribution is 0.752. The molecule has 128 valence electrons. The molecule has 1 aliphatic carbocycles. The van der Waals surface area contributed by atoms with Gasteiger partial charge in [0.1, 0.15) is 5.82 Å². The van der Waals surface area contributed by atoms with Crippen LogP contribution in [0.4, 0.5) is 17.5 Å². The van der Waals surface area contributed by atoms with Gasteiger partial charge < -0.3 is 10.6 Å². The maximum Gasteiger partial charge on any atom is 0.229 e. The van der Waals surface area contributed by atoms with Gasteiger partial charge in [0.05, 0.1) is 5.52 Å². The van der Waals surface area contributed by atoms with Crippen molar-refractivity contribution in [3.8, 4) is 0 Å². The number of rotatable bonds is 4. The van der Waals surface area contributed by atoms with E-state index in [2.05, 4.69) is 48.7 Å². The summed E-state index contributed by atoms with van der Waals surface area (Å²) in [7, 11) is 0. The summed E-state index contributed by atoms with van der Waals surface area (Å²) >= 11 is 0. The molecule has 0 aliphatic heterocycles. The van der Waals surface area contributed by atoms with Gasteiger partial charge in [-0.1, -0.05) is 37.1 Å². The zero-order valence-corrected chi connectivity index (χ0v) is 14.8. The van der Waals surface area contributed by atoms with Crippen LogP contribution in [0.5, 0.6) is 0 Å². The van der Waals surface area contributed by atoms with Crippen molar-refractivity contribution in [3.63, 3.8) is 0 Å². The Morgan fingerprint density at radius 3 is 2.56 bits per heavy atom. The van der Waals surface area contributed by atoms with Gasteiger partial charge in [0.15, 0.2) is 0 Å². The lowest BCUT2D eigenvalue weighted by atomic mass is 10.1. The molecule has 1 aromatic heterocycles. The number of hydrogen-bond donors (Lipinski definition) is 2. The smallest absolute Gasteiger partial charge is 0.229 e. The summed E-state index contributed by atoms with van der Waals surface area (Å²) in [5.41, 5.74) is 4.51. The zero-order chi connectivity index (χ0) is 17.2. The lowest BCUT2D eigenvalue weighted by Gasteiger charge is -2.16. The maximum absolute atomic E-state index is 4.80.